The highest BCUT2D eigenvalue weighted by Crippen LogP contribution is 2.29. The van der Waals surface area contributed by atoms with Crippen molar-refractivity contribution in [2.24, 2.45) is 0 Å². The summed E-state index contributed by atoms with van der Waals surface area (Å²) >= 11 is 3.34. The van der Waals surface area contributed by atoms with E-state index >= 15 is 0 Å². The van der Waals surface area contributed by atoms with Gasteiger partial charge in [0, 0.05) is 16.2 Å². The van der Waals surface area contributed by atoms with E-state index in [9.17, 15) is 9.59 Å². The summed E-state index contributed by atoms with van der Waals surface area (Å²) in [6.45, 7) is -0.150. The van der Waals surface area contributed by atoms with Gasteiger partial charge in [-0.25, -0.2) is 4.98 Å². The van der Waals surface area contributed by atoms with Gasteiger partial charge in [0.1, 0.15) is 6.54 Å². The number of amides is 1. The van der Waals surface area contributed by atoms with Crippen LogP contribution >= 0.6 is 15.9 Å². The van der Waals surface area contributed by atoms with Crippen molar-refractivity contribution < 1.29 is 14.3 Å². The van der Waals surface area contributed by atoms with Crippen molar-refractivity contribution in [2.45, 2.75) is 6.54 Å². The van der Waals surface area contributed by atoms with Crippen molar-refractivity contribution in [3.05, 3.63) is 57.6 Å². The Morgan fingerprint density at radius 3 is 2.62 bits per heavy atom. The maximum Gasteiger partial charge on any atom is 0.261 e. The number of fused-ring (bicyclic) bond motifs is 1. The second kappa shape index (κ2) is 7.57. The molecular weight excluding hydrogens is 402 g/mol. The molecule has 3 rings (SSSR count). The van der Waals surface area contributed by atoms with E-state index < -0.39 is 0 Å². The van der Waals surface area contributed by atoms with Crippen molar-refractivity contribution in [3.8, 4) is 11.5 Å². The number of rotatable bonds is 5. The third-order valence-corrected chi connectivity index (χ3v) is 4.24. The quantitative estimate of drug-likeness (QED) is 0.689. The molecule has 3 aromatic rings. The molecule has 0 fully saturated rings. The highest BCUT2D eigenvalue weighted by atomic mass is 79.9. The van der Waals surface area contributed by atoms with Gasteiger partial charge in [-0.15, -0.1) is 0 Å². The average Bonchev–Trinajstić information content (AvgIpc) is 2.63. The number of carbonyl (C=O) groups excluding carboxylic acids is 1. The van der Waals surface area contributed by atoms with Crippen LogP contribution in [-0.4, -0.2) is 29.7 Å². The third-order valence-electron chi connectivity index (χ3n) is 3.75. The Morgan fingerprint density at radius 1 is 1.19 bits per heavy atom. The number of nitrogens with one attached hydrogen (secondary N) is 1. The van der Waals surface area contributed by atoms with Crippen LogP contribution in [0.3, 0.4) is 0 Å². The van der Waals surface area contributed by atoms with Gasteiger partial charge >= 0.3 is 0 Å². The zero-order valence-corrected chi connectivity index (χ0v) is 15.7. The Labute approximate surface area is 157 Å². The third kappa shape index (κ3) is 3.70. The van der Waals surface area contributed by atoms with Crippen molar-refractivity contribution >= 4 is 38.4 Å². The molecule has 0 aliphatic rings. The predicted molar refractivity (Wildman–Crippen MR) is 102 cm³/mol. The maximum absolute atomic E-state index is 12.7. The molecular formula is C18H16BrN3O4. The minimum absolute atomic E-state index is 0.150. The van der Waals surface area contributed by atoms with Crippen molar-refractivity contribution in [1.29, 1.82) is 0 Å². The molecule has 0 unspecified atom stereocenters. The Bertz CT molecular complexity index is 1030. The normalized spacial score (nSPS) is 10.6. The second-order valence-electron chi connectivity index (χ2n) is 5.46. The van der Waals surface area contributed by atoms with Crippen LogP contribution in [0.1, 0.15) is 0 Å². The van der Waals surface area contributed by atoms with Crippen molar-refractivity contribution in [2.75, 3.05) is 19.5 Å². The summed E-state index contributed by atoms with van der Waals surface area (Å²) in [5.41, 5.74) is 0.772. The molecule has 1 aromatic heterocycles. The minimum Gasteiger partial charge on any atom is -0.493 e. The molecule has 2 aromatic carbocycles. The molecule has 0 saturated heterocycles. The molecule has 26 heavy (non-hydrogen) atoms. The van der Waals surface area contributed by atoms with E-state index in [0.717, 1.165) is 4.47 Å². The van der Waals surface area contributed by atoms with E-state index in [1.54, 1.807) is 24.3 Å². The first-order chi connectivity index (χ1) is 12.5. The molecule has 1 N–H and O–H groups in total. The van der Waals surface area contributed by atoms with Crippen LogP contribution in [0.5, 0.6) is 11.5 Å². The van der Waals surface area contributed by atoms with Crippen LogP contribution in [0.2, 0.25) is 0 Å². The number of ether oxygens (including phenoxy) is 2. The molecule has 0 spiro atoms. The lowest BCUT2D eigenvalue weighted by atomic mass is 10.2. The average molecular weight is 418 g/mol. The number of methoxy groups -OCH3 is 2. The van der Waals surface area contributed by atoms with E-state index in [0.29, 0.717) is 28.1 Å². The first kappa shape index (κ1) is 17.9. The molecule has 0 saturated carbocycles. The topological polar surface area (TPSA) is 82.5 Å². The van der Waals surface area contributed by atoms with Crippen LogP contribution in [0.25, 0.3) is 10.9 Å². The highest BCUT2D eigenvalue weighted by Gasteiger charge is 2.13. The van der Waals surface area contributed by atoms with Gasteiger partial charge in [-0.3, -0.25) is 14.2 Å². The lowest BCUT2D eigenvalue weighted by Gasteiger charge is -2.11. The smallest absolute Gasteiger partial charge is 0.261 e. The summed E-state index contributed by atoms with van der Waals surface area (Å²) in [6.07, 6.45) is 1.34. The molecule has 0 aliphatic carbocycles. The lowest BCUT2D eigenvalue weighted by Crippen LogP contribution is -2.28. The molecule has 7 nitrogen and oxygen atoms in total. The van der Waals surface area contributed by atoms with Crippen LogP contribution in [0.4, 0.5) is 5.69 Å². The SMILES string of the molecule is COc1cc2ncn(CC(=O)Nc3cccc(Br)c3)c(=O)c2cc1OC. The van der Waals surface area contributed by atoms with Crippen molar-refractivity contribution in [1.82, 2.24) is 9.55 Å². The van der Waals surface area contributed by atoms with Gasteiger partial charge in [0.25, 0.3) is 5.56 Å². The number of aromatic nitrogens is 2. The fraction of sp³-hybridized carbons (Fsp3) is 0.167. The summed E-state index contributed by atoms with van der Waals surface area (Å²) in [5.74, 6) is 0.583. The van der Waals surface area contributed by atoms with Gasteiger partial charge in [0.05, 0.1) is 31.4 Å². The summed E-state index contributed by atoms with van der Waals surface area (Å²) in [4.78, 5) is 29.2. The zero-order chi connectivity index (χ0) is 18.7. The Morgan fingerprint density at radius 2 is 1.92 bits per heavy atom. The summed E-state index contributed by atoms with van der Waals surface area (Å²) in [7, 11) is 3.00. The Balaban J connectivity index is 1.89. The molecule has 0 radical (unpaired) electrons. The number of benzene rings is 2. The molecule has 0 atom stereocenters. The Kier molecular flexibility index (Phi) is 5.22. The van der Waals surface area contributed by atoms with Gasteiger partial charge in [-0.2, -0.15) is 0 Å². The van der Waals surface area contributed by atoms with Gasteiger partial charge in [-0.05, 0) is 24.3 Å². The fourth-order valence-electron chi connectivity index (χ4n) is 2.52. The fourth-order valence-corrected chi connectivity index (χ4v) is 2.92. The summed E-state index contributed by atoms with van der Waals surface area (Å²) in [6, 6.07) is 10.4. The standard InChI is InChI=1S/C18H16BrN3O4/c1-25-15-7-13-14(8-16(15)26-2)20-10-22(18(13)24)9-17(23)21-12-5-3-4-11(19)6-12/h3-8,10H,9H2,1-2H3,(H,21,23). The van der Waals surface area contributed by atoms with E-state index in [1.807, 2.05) is 12.1 Å². The van der Waals surface area contributed by atoms with Crippen LogP contribution in [-0.2, 0) is 11.3 Å². The molecule has 134 valence electrons. The monoisotopic (exact) mass is 417 g/mol. The van der Waals surface area contributed by atoms with Gasteiger partial charge in [-0.1, -0.05) is 22.0 Å². The maximum atomic E-state index is 12.7. The van der Waals surface area contributed by atoms with E-state index in [1.165, 1.54) is 25.1 Å². The largest absolute Gasteiger partial charge is 0.493 e. The minimum atomic E-state index is -0.333. The summed E-state index contributed by atoms with van der Waals surface area (Å²) in [5, 5.41) is 3.09. The Hall–Kier alpha value is -2.87. The number of nitrogens with zero attached hydrogens (tertiary/aromatic N) is 2. The lowest BCUT2D eigenvalue weighted by molar-refractivity contribution is -0.116. The van der Waals surface area contributed by atoms with E-state index in [2.05, 4.69) is 26.2 Å². The molecule has 1 heterocycles. The van der Waals surface area contributed by atoms with Crippen LogP contribution in [0.15, 0.2) is 52.0 Å². The van der Waals surface area contributed by atoms with Gasteiger partial charge in [0.2, 0.25) is 5.91 Å². The number of carbonyl (C=O) groups is 1. The van der Waals surface area contributed by atoms with Gasteiger partial charge in [0.15, 0.2) is 11.5 Å². The first-order valence-electron chi connectivity index (χ1n) is 7.68. The highest BCUT2D eigenvalue weighted by molar-refractivity contribution is 9.10. The predicted octanol–water partition coefficient (Wildman–Crippen LogP) is 2.81. The molecule has 1 amide bonds. The zero-order valence-electron chi connectivity index (χ0n) is 14.2. The number of hydrogen-bond acceptors (Lipinski definition) is 5. The van der Waals surface area contributed by atoms with E-state index in [4.69, 9.17) is 9.47 Å². The number of hydrogen-bond donors (Lipinski definition) is 1. The molecule has 8 heteroatoms. The first-order valence-corrected chi connectivity index (χ1v) is 8.47. The molecule has 0 bridgehead atoms. The van der Waals surface area contributed by atoms with Crippen molar-refractivity contribution in [3.63, 3.8) is 0 Å². The summed E-state index contributed by atoms with van der Waals surface area (Å²) < 4.78 is 12.5. The van der Waals surface area contributed by atoms with Gasteiger partial charge < -0.3 is 14.8 Å². The number of halogens is 1. The second-order valence-corrected chi connectivity index (χ2v) is 6.38. The van der Waals surface area contributed by atoms with Crippen LogP contribution < -0.4 is 20.3 Å². The van der Waals surface area contributed by atoms with Crippen LogP contribution in [0, 0.1) is 0 Å². The number of anilines is 1. The molecule has 0 aliphatic heterocycles. The van der Waals surface area contributed by atoms with E-state index in [-0.39, 0.29) is 18.0 Å².